The Morgan fingerprint density at radius 3 is 2.59 bits per heavy atom. The van der Waals surface area contributed by atoms with Gasteiger partial charge in [-0.1, -0.05) is 20.8 Å². The highest BCUT2D eigenvalue weighted by Crippen LogP contribution is 2.46. The number of anilines is 1. The van der Waals surface area contributed by atoms with Crippen molar-refractivity contribution in [2.24, 2.45) is 11.3 Å². The third-order valence-electron chi connectivity index (χ3n) is 6.06. The number of nitrogens with one attached hydrogen (secondary N) is 2. The lowest BCUT2D eigenvalue weighted by molar-refractivity contribution is 0.0934. The first kappa shape index (κ1) is 20.5. The highest BCUT2D eigenvalue weighted by molar-refractivity contribution is 9.10. The quantitative estimate of drug-likeness (QED) is 0.608. The van der Waals surface area contributed by atoms with Gasteiger partial charge >= 0.3 is 0 Å². The summed E-state index contributed by atoms with van der Waals surface area (Å²) in [4.78, 5) is 14.4. The topological polar surface area (TPSA) is 59.6 Å². The summed E-state index contributed by atoms with van der Waals surface area (Å²) < 4.78 is 11.7. The summed E-state index contributed by atoms with van der Waals surface area (Å²) >= 11 is 5.28. The second-order valence-electron chi connectivity index (χ2n) is 8.80. The van der Waals surface area contributed by atoms with Crippen LogP contribution in [0.25, 0.3) is 0 Å². The molecule has 156 valence electrons. The SMILES string of the molecule is COc1cc([C@H]2NC(=O)c3c(sc4c3CC[C@@H](C(C)(C)C)C4)N2)cc(Br)c1OC. The van der Waals surface area contributed by atoms with Crippen molar-refractivity contribution in [1.29, 1.82) is 0 Å². The molecule has 2 aromatic rings. The average molecular weight is 479 g/mol. The molecule has 2 N–H and O–H groups in total. The first-order chi connectivity index (χ1) is 13.7. The van der Waals surface area contributed by atoms with Crippen molar-refractivity contribution in [2.45, 2.75) is 46.2 Å². The summed E-state index contributed by atoms with van der Waals surface area (Å²) in [5.41, 5.74) is 3.27. The van der Waals surface area contributed by atoms with Crippen LogP contribution in [0.2, 0.25) is 0 Å². The van der Waals surface area contributed by atoms with Crippen molar-refractivity contribution in [1.82, 2.24) is 5.32 Å². The van der Waals surface area contributed by atoms with Gasteiger partial charge in [0.25, 0.3) is 5.91 Å². The van der Waals surface area contributed by atoms with Crippen molar-refractivity contribution in [3.63, 3.8) is 0 Å². The Labute approximate surface area is 184 Å². The van der Waals surface area contributed by atoms with Crippen molar-refractivity contribution < 1.29 is 14.3 Å². The molecule has 0 saturated carbocycles. The highest BCUT2D eigenvalue weighted by Gasteiger charge is 2.36. The van der Waals surface area contributed by atoms with Gasteiger partial charge in [0, 0.05) is 4.88 Å². The van der Waals surface area contributed by atoms with Crippen molar-refractivity contribution in [2.75, 3.05) is 19.5 Å². The Hall–Kier alpha value is -1.73. The molecule has 5 nitrogen and oxygen atoms in total. The van der Waals surface area contributed by atoms with Gasteiger partial charge in [-0.25, -0.2) is 0 Å². The van der Waals surface area contributed by atoms with E-state index in [1.54, 1.807) is 25.6 Å². The minimum atomic E-state index is -0.315. The Balaban J connectivity index is 1.66. The first-order valence-electron chi connectivity index (χ1n) is 9.86. The molecule has 0 unspecified atom stereocenters. The minimum Gasteiger partial charge on any atom is -0.493 e. The van der Waals surface area contributed by atoms with Gasteiger partial charge in [-0.15, -0.1) is 11.3 Å². The lowest BCUT2D eigenvalue weighted by atomic mass is 9.72. The molecule has 0 spiro atoms. The average Bonchev–Trinajstić information content (AvgIpc) is 3.04. The van der Waals surface area contributed by atoms with E-state index in [4.69, 9.17) is 9.47 Å². The number of fused-ring (bicyclic) bond motifs is 3. The summed E-state index contributed by atoms with van der Waals surface area (Å²) in [6, 6.07) is 3.85. The number of hydrogen-bond acceptors (Lipinski definition) is 5. The van der Waals surface area contributed by atoms with Crippen LogP contribution in [-0.2, 0) is 12.8 Å². The van der Waals surface area contributed by atoms with E-state index in [1.165, 1.54) is 10.4 Å². The molecule has 0 radical (unpaired) electrons. The molecule has 4 rings (SSSR count). The number of halogens is 1. The molecule has 1 amide bonds. The number of hydrogen-bond donors (Lipinski definition) is 2. The number of benzene rings is 1. The molecule has 0 fully saturated rings. The zero-order valence-electron chi connectivity index (χ0n) is 17.4. The smallest absolute Gasteiger partial charge is 0.256 e. The van der Waals surface area contributed by atoms with Gasteiger partial charge in [0.15, 0.2) is 11.5 Å². The Morgan fingerprint density at radius 2 is 1.93 bits per heavy atom. The van der Waals surface area contributed by atoms with Crippen LogP contribution in [0, 0.1) is 11.3 Å². The van der Waals surface area contributed by atoms with Crippen molar-refractivity contribution in [3.05, 3.63) is 38.2 Å². The first-order valence-corrected chi connectivity index (χ1v) is 11.5. The van der Waals surface area contributed by atoms with E-state index >= 15 is 0 Å². The van der Waals surface area contributed by atoms with Crippen molar-refractivity contribution >= 4 is 38.2 Å². The Morgan fingerprint density at radius 1 is 1.17 bits per heavy atom. The van der Waals surface area contributed by atoms with Crippen LogP contribution in [0.15, 0.2) is 16.6 Å². The van der Waals surface area contributed by atoms with Gasteiger partial charge in [0.1, 0.15) is 11.2 Å². The molecule has 7 heteroatoms. The maximum absolute atomic E-state index is 13.0. The molecule has 1 aliphatic heterocycles. The van der Waals surface area contributed by atoms with Crippen LogP contribution in [0.5, 0.6) is 11.5 Å². The third kappa shape index (κ3) is 3.63. The van der Waals surface area contributed by atoms with Crippen LogP contribution in [0.4, 0.5) is 5.00 Å². The van der Waals surface area contributed by atoms with Crippen LogP contribution in [0.3, 0.4) is 0 Å². The number of ether oxygens (including phenoxy) is 2. The molecule has 0 saturated heterocycles. The summed E-state index contributed by atoms with van der Waals surface area (Å²) in [6.45, 7) is 6.93. The van der Waals surface area contributed by atoms with E-state index in [9.17, 15) is 4.79 Å². The molecule has 1 aromatic heterocycles. The monoisotopic (exact) mass is 478 g/mol. The summed E-state index contributed by atoms with van der Waals surface area (Å²) in [5, 5.41) is 7.64. The van der Waals surface area contributed by atoms with Crippen LogP contribution in [-0.4, -0.2) is 20.1 Å². The number of amides is 1. The van der Waals surface area contributed by atoms with Gasteiger partial charge in [-0.2, -0.15) is 0 Å². The molecule has 2 atom stereocenters. The van der Waals surface area contributed by atoms with Crippen LogP contribution < -0.4 is 20.1 Å². The predicted molar refractivity (Wildman–Crippen MR) is 120 cm³/mol. The number of carbonyl (C=O) groups is 1. The fourth-order valence-electron chi connectivity index (χ4n) is 4.31. The molecule has 0 bridgehead atoms. The molecular weight excluding hydrogens is 452 g/mol. The largest absolute Gasteiger partial charge is 0.493 e. The lowest BCUT2D eigenvalue weighted by Gasteiger charge is -2.34. The number of methoxy groups -OCH3 is 2. The van der Waals surface area contributed by atoms with E-state index in [-0.39, 0.29) is 17.5 Å². The summed E-state index contributed by atoms with van der Waals surface area (Å²) in [7, 11) is 3.22. The second-order valence-corrected chi connectivity index (χ2v) is 10.8. The van der Waals surface area contributed by atoms with Gasteiger partial charge in [-0.3, -0.25) is 4.79 Å². The molecule has 2 aliphatic rings. The molecule has 2 heterocycles. The predicted octanol–water partition coefficient (Wildman–Crippen LogP) is 5.53. The fourth-order valence-corrected chi connectivity index (χ4v) is 6.28. The van der Waals surface area contributed by atoms with E-state index in [1.807, 2.05) is 12.1 Å². The van der Waals surface area contributed by atoms with Crippen molar-refractivity contribution in [3.8, 4) is 11.5 Å². The van der Waals surface area contributed by atoms with E-state index < -0.39 is 0 Å². The number of rotatable bonds is 3. The van der Waals surface area contributed by atoms with E-state index in [0.717, 1.165) is 39.9 Å². The van der Waals surface area contributed by atoms with Gasteiger partial charge in [0.05, 0.1) is 24.3 Å². The van der Waals surface area contributed by atoms with Gasteiger partial charge < -0.3 is 20.1 Å². The standard InChI is InChI=1S/C22H27BrN2O3S/c1-22(2,3)12-6-7-13-16(10-12)29-21-17(13)20(26)24-19(25-21)11-8-14(23)18(28-5)15(9-11)27-4/h8-9,12,19,25H,6-7,10H2,1-5H3,(H,24,26)/t12-,19+/m1/s1. The summed E-state index contributed by atoms with van der Waals surface area (Å²) in [6.07, 6.45) is 2.85. The second kappa shape index (κ2) is 7.51. The van der Waals surface area contributed by atoms with Gasteiger partial charge in [0.2, 0.25) is 0 Å². The number of carbonyl (C=O) groups excluding carboxylic acids is 1. The number of thiophene rings is 1. The Bertz CT molecular complexity index is 964. The highest BCUT2D eigenvalue weighted by atomic mass is 79.9. The van der Waals surface area contributed by atoms with Crippen LogP contribution in [0.1, 0.15) is 59.7 Å². The zero-order valence-corrected chi connectivity index (χ0v) is 19.8. The normalized spacial score (nSPS) is 21.0. The Kier molecular flexibility index (Phi) is 5.32. The molecule has 1 aromatic carbocycles. The maximum Gasteiger partial charge on any atom is 0.256 e. The maximum atomic E-state index is 13.0. The minimum absolute atomic E-state index is 0.00126. The third-order valence-corrected chi connectivity index (χ3v) is 7.83. The van der Waals surface area contributed by atoms with E-state index in [2.05, 4.69) is 47.3 Å². The van der Waals surface area contributed by atoms with Gasteiger partial charge in [-0.05, 0) is 69.8 Å². The zero-order chi connectivity index (χ0) is 20.9. The van der Waals surface area contributed by atoms with E-state index in [0.29, 0.717) is 17.4 Å². The fraction of sp³-hybridized carbons (Fsp3) is 0.500. The molecule has 1 aliphatic carbocycles. The molecule has 29 heavy (non-hydrogen) atoms. The summed E-state index contributed by atoms with van der Waals surface area (Å²) in [5.74, 6) is 1.91. The van der Waals surface area contributed by atoms with Crippen LogP contribution >= 0.6 is 27.3 Å². The lowest BCUT2D eigenvalue weighted by Crippen LogP contribution is -2.38. The molecular formula is C22H27BrN2O3S.